The van der Waals surface area contributed by atoms with Gasteiger partial charge in [0.1, 0.15) is 29.2 Å². The molecule has 1 fully saturated rings. The van der Waals surface area contributed by atoms with Crippen molar-refractivity contribution in [1.29, 1.82) is 0 Å². The molecule has 3 aromatic rings. The molecular weight excluding hydrogens is 387 g/mol. The minimum atomic E-state index is -0.801. The summed E-state index contributed by atoms with van der Waals surface area (Å²) in [6.45, 7) is 0.259. The summed E-state index contributed by atoms with van der Waals surface area (Å²) >= 11 is 0. The van der Waals surface area contributed by atoms with Gasteiger partial charge >= 0.3 is 0 Å². The van der Waals surface area contributed by atoms with Crippen LogP contribution >= 0.6 is 0 Å². The molecule has 1 amide bonds. The fourth-order valence-corrected chi connectivity index (χ4v) is 3.23. The number of likely N-dealkylation sites (tertiary alicyclic amines) is 1. The first kappa shape index (κ1) is 19.0. The lowest BCUT2D eigenvalue weighted by Crippen LogP contribution is -2.34. The summed E-state index contributed by atoms with van der Waals surface area (Å²) < 4.78 is 50.6. The lowest BCUT2D eigenvalue weighted by Gasteiger charge is -2.21. The Labute approximate surface area is 163 Å². The van der Waals surface area contributed by atoms with Crippen LogP contribution in [0.3, 0.4) is 0 Å². The Morgan fingerprint density at radius 2 is 1.90 bits per heavy atom. The number of aromatic nitrogens is 2. The fourth-order valence-electron chi connectivity index (χ4n) is 3.23. The molecule has 29 heavy (non-hydrogen) atoms. The number of hydrogen-bond donors (Lipinski definition) is 0. The van der Waals surface area contributed by atoms with E-state index in [2.05, 4.69) is 10.1 Å². The van der Waals surface area contributed by atoms with Crippen LogP contribution in [0.2, 0.25) is 0 Å². The molecule has 1 unspecified atom stereocenters. The Morgan fingerprint density at radius 3 is 2.66 bits per heavy atom. The van der Waals surface area contributed by atoms with Crippen LogP contribution in [0.5, 0.6) is 5.75 Å². The number of halogens is 3. The average molecular weight is 403 g/mol. The van der Waals surface area contributed by atoms with Crippen LogP contribution in [0, 0.1) is 17.5 Å². The summed E-state index contributed by atoms with van der Waals surface area (Å²) in [5.41, 5.74) is 0.0110. The zero-order valence-corrected chi connectivity index (χ0v) is 15.1. The molecule has 1 aliphatic heterocycles. The highest BCUT2D eigenvalue weighted by Crippen LogP contribution is 2.32. The zero-order valence-electron chi connectivity index (χ0n) is 15.1. The van der Waals surface area contributed by atoms with Crippen molar-refractivity contribution < 1.29 is 27.2 Å². The maximum atomic E-state index is 13.9. The normalized spacial score (nSPS) is 16.2. The van der Waals surface area contributed by atoms with Crippen LogP contribution in [-0.2, 0) is 4.79 Å². The summed E-state index contributed by atoms with van der Waals surface area (Å²) in [5, 5.41) is 3.76. The van der Waals surface area contributed by atoms with Gasteiger partial charge in [-0.05, 0) is 49.2 Å². The van der Waals surface area contributed by atoms with Gasteiger partial charge in [-0.3, -0.25) is 4.79 Å². The van der Waals surface area contributed by atoms with Gasteiger partial charge in [0.05, 0.1) is 5.56 Å². The van der Waals surface area contributed by atoms with Crippen LogP contribution in [0.1, 0.15) is 24.8 Å². The number of carbonyl (C=O) groups is 1. The number of benzene rings is 2. The van der Waals surface area contributed by atoms with Crippen molar-refractivity contribution in [1.82, 2.24) is 15.0 Å². The predicted molar refractivity (Wildman–Crippen MR) is 95.2 cm³/mol. The number of carbonyl (C=O) groups excluding carboxylic acids is 1. The van der Waals surface area contributed by atoms with E-state index >= 15 is 0 Å². The van der Waals surface area contributed by atoms with E-state index in [4.69, 9.17) is 9.26 Å². The lowest BCUT2D eigenvalue weighted by molar-refractivity contribution is -0.134. The third-order valence-corrected chi connectivity index (χ3v) is 4.65. The first-order valence-corrected chi connectivity index (χ1v) is 8.98. The maximum absolute atomic E-state index is 13.9. The Bertz CT molecular complexity index is 1020. The molecule has 6 nitrogen and oxygen atoms in total. The summed E-state index contributed by atoms with van der Waals surface area (Å²) in [6.07, 6.45) is 1.34. The second kappa shape index (κ2) is 7.94. The predicted octanol–water partition coefficient (Wildman–Crippen LogP) is 3.90. The number of hydrogen-bond acceptors (Lipinski definition) is 5. The van der Waals surface area contributed by atoms with E-state index in [0.717, 1.165) is 18.6 Å². The zero-order chi connectivity index (χ0) is 20.4. The molecule has 0 bridgehead atoms. The number of ether oxygens (including phenoxy) is 1. The van der Waals surface area contributed by atoms with Gasteiger partial charge in [0.15, 0.2) is 6.61 Å². The molecule has 1 aliphatic rings. The van der Waals surface area contributed by atoms with E-state index < -0.39 is 23.5 Å². The van der Waals surface area contributed by atoms with Gasteiger partial charge in [-0.25, -0.2) is 13.2 Å². The van der Waals surface area contributed by atoms with E-state index in [1.807, 2.05) is 0 Å². The SMILES string of the molecule is O=C(COc1ccc(F)cc1)N1CCCC1c1nc(-c2ccc(F)cc2F)no1. The highest BCUT2D eigenvalue weighted by Gasteiger charge is 2.34. The maximum Gasteiger partial charge on any atom is 0.261 e. The molecule has 150 valence electrons. The Kier molecular flexibility index (Phi) is 5.20. The molecule has 4 rings (SSSR count). The largest absolute Gasteiger partial charge is 0.484 e. The summed E-state index contributed by atoms with van der Waals surface area (Å²) in [5.74, 6) is -1.65. The van der Waals surface area contributed by atoms with Crippen molar-refractivity contribution in [2.75, 3.05) is 13.2 Å². The molecule has 0 saturated carbocycles. The number of nitrogens with zero attached hydrogens (tertiary/aromatic N) is 3. The van der Waals surface area contributed by atoms with Gasteiger partial charge in [-0.1, -0.05) is 5.16 Å². The highest BCUT2D eigenvalue weighted by molar-refractivity contribution is 5.78. The quantitative estimate of drug-likeness (QED) is 0.647. The molecule has 2 aromatic carbocycles. The van der Waals surface area contributed by atoms with Gasteiger partial charge in [0.25, 0.3) is 5.91 Å². The van der Waals surface area contributed by atoms with E-state index in [1.54, 1.807) is 4.90 Å². The molecule has 1 atom stereocenters. The molecule has 0 aliphatic carbocycles. The van der Waals surface area contributed by atoms with Crippen LogP contribution in [0.4, 0.5) is 13.2 Å². The molecule has 1 aromatic heterocycles. The molecular formula is C20H16F3N3O3. The van der Waals surface area contributed by atoms with Crippen molar-refractivity contribution in [3.8, 4) is 17.1 Å². The summed E-state index contributed by atoms with van der Waals surface area (Å²) in [4.78, 5) is 18.3. The molecule has 9 heteroatoms. The minimum Gasteiger partial charge on any atom is -0.484 e. The smallest absolute Gasteiger partial charge is 0.261 e. The van der Waals surface area contributed by atoms with Gasteiger partial charge < -0.3 is 14.2 Å². The second-order valence-electron chi connectivity index (χ2n) is 6.57. The van der Waals surface area contributed by atoms with Crippen molar-refractivity contribution in [3.63, 3.8) is 0 Å². The third kappa shape index (κ3) is 4.08. The van der Waals surface area contributed by atoms with Gasteiger partial charge in [0.2, 0.25) is 11.7 Å². The Morgan fingerprint density at radius 1 is 1.14 bits per heavy atom. The number of amides is 1. The van der Waals surface area contributed by atoms with Crippen LogP contribution < -0.4 is 4.74 Å². The molecule has 0 spiro atoms. The monoisotopic (exact) mass is 403 g/mol. The minimum absolute atomic E-state index is 0.0110. The van der Waals surface area contributed by atoms with E-state index in [-0.39, 0.29) is 29.8 Å². The molecule has 2 heterocycles. The lowest BCUT2D eigenvalue weighted by atomic mass is 10.2. The molecule has 0 N–H and O–H groups in total. The van der Waals surface area contributed by atoms with Gasteiger partial charge in [-0.2, -0.15) is 4.98 Å². The van der Waals surface area contributed by atoms with E-state index in [0.29, 0.717) is 18.7 Å². The topological polar surface area (TPSA) is 68.5 Å². The summed E-state index contributed by atoms with van der Waals surface area (Å²) in [6, 6.07) is 7.98. The van der Waals surface area contributed by atoms with Crippen LogP contribution in [0.15, 0.2) is 47.0 Å². The van der Waals surface area contributed by atoms with E-state index in [1.165, 1.54) is 30.3 Å². The van der Waals surface area contributed by atoms with Crippen LogP contribution in [-0.4, -0.2) is 34.1 Å². The summed E-state index contributed by atoms with van der Waals surface area (Å²) in [7, 11) is 0. The van der Waals surface area contributed by atoms with Gasteiger partial charge in [0, 0.05) is 12.6 Å². The fraction of sp³-hybridized carbons (Fsp3) is 0.250. The van der Waals surface area contributed by atoms with Crippen molar-refractivity contribution in [3.05, 3.63) is 65.8 Å². The van der Waals surface area contributed by atoms with Crippen molar-refractivity contribution >= 4 is 5.91 Å². The Hall–Kier alpha value is -3.36. The second-order valence-corrected chi connectivity index (χ2v) is 6.57. The molecule has 1 saturated heterocycles. The Balaban J connectivity index is 1.46. The van der Waals surface area contributed by atoms with Crippen molar-refractivity contribution in [2.24, 2.45) is 0 Å². The van der Waals surface area contributed by atoms with Crippen LogP contribution in [0.25, 0.3) is 11.4 Å². The van der Waals surface area contributed by atoms with E-state index in [9.17, 15) is 18.0 Å². The standard InChI is InChI=1S/C20H16F3N3O3/c21-12-3-6-14(7-4-12)28-11-18(27)26-9-1-2-17(26)20-24-19(25-29-20)15-8-5-13(22)10-16(15)23/h3-8,10,17H,1-2,9,11H2. The third-order valence-electron chi connectivity index (χ3n) is 4.65. The van der Waals surface area contributed by atoms with Gasteiger partial charge in [-0.15, -0.1) is 0 Å². The first-order chi connectivity index (χ1) is 14.0. The highest BCUT2D eigenvalue weighted by atomic mass is 19.1. The van der Waals surface area contributed by atoms with Crippen molar-refractivity contribution in [2.45, 2.75) is 18.9 Å². The first-order valence-electron chi connectivity index (χ1n) is 8.98. The molecule has 0 radical (unpaired) electrons. The number of rotatable bonds is 5. The average Bonchev–Trinajstić information content (AvgIpc) is 3.36.